The van der Waals surface area contributed by atoms with Gasteiger partial charge in [-0.05, 0) is 39.0 Å². The molecule has 21 heavy (non-hydrogen) atoms. The van der Waals surface area contributed by atoms with E-state index in [2.05, 4.69) is 5.16 Å². The topological polar surface area (TPSA) is 81.8 Å². The summed E-state index contributed by atoms with van der Waals surface area (Å²) in [5.41, 5.74) is 1.68. The number of hydrogen-bond donors (Lipinski definition) is 1. The summed E-state index contributed by atoms with van der Waals surface area (Å²) in [5.74, 6) is -0.0575. The van der Waals surface area contributed by atoms with Crippen LogP contribution in [0.1, 0.15) is 30.0 Å². The summed E-state index contributed by atoms with van der Waals surface area (Å²) in [6.07, 6.45) is 0. The van der Waals surface area contributed by atoms with Crippen molar-refractivity contribution in [2.45, 2.75) is 20.8 Å². The molecular weight excluding hydrogens is 274 g/mol. The summed E-state index contributed by atoms with van der Waals surface area (Å²) in [5, 5.41) is 12.8. The van der Waals surface area contributed by atoms with E-state index in [1.165, 1.54) is 0 Å². The summed E-state index contributed by atoms with van der Waals surface area (Å²) in [7, 11) is 0. The average Bonchev–Trinajstić information content (AvgIpc) is 2.83. The van der Waals surface area contributed by atoms with Gasteiger partial charge in [0, 0.05) is 11.1 Å². The first kappa shape index (κ1) is 14.9. The van der Waals surface area contributed by atoms with Crippen molar-refractivity contribution in [3.05, 3.63) is 29.5 Å². The summed E-state index contributed by atoms with van der Waals surface area (Å²) in [4.78, 5) is 11.0. The smallest absolute Gasteiger partial charge is 0.375 e. The van der Waals surface area contributed by atoms with E-state index in [-0.39, 0.29) is 5.76 Å². The van der Waals surface area contributed by atoms with Crippen molar-refractivity contribution in [1.82, 2.24) is 5.16 Å². The number of aromatic nitrogens is 1. The van der Waals surface area contributed by atoms with Crippen LogP contribution in [0, 0.1) is 6.92 Å². The van der Waals surface area contributed by atoms with Crippen LogP contribution in [0.4, 0.5) is 0 Å². The molecular formula is C15H17NO5. The zero-order valence-electron chi connectivity index (χ0n) is 12.2. The molecule has 2 aromatic rings. The van der Waals surface area contributed by atoms with Crippen LogP contribution in [0.25, 0.3) is 11.3 Å². The second-order valence-corrected chi connectivity index (χ2v) is 4.32. The van der Waals surface area contributed by atoms with Crippen LogP contribution in [0.3, 0.4) is 0 Å². The molecule has 0 saturated heterocycles. The maximum atomic E-state index is 11.0. The van der Waals surface area contributed by atoms with E-state index in [0.717, 1.165) is 5.56 Å². The molecule has 1 heterocycles. The molecule has 0 spiro atoms. The van der Waals surface area contributed by atoms with E-state index in [0.29, 0.717) is 36.0 Å². The monoisotopic (exact) mass is 291 g/mol. The number of rotatable bonds is 6. The Labute approximate surface area is 122 Å². The molecule has 0 aliphatic heterocycles. The van der Waals surface area contributed by atoms with Crippen molar-refractivity contribution in [3.8, 4) is 22.8 Å². The molecule has 2 rings (SSSR count). The number of ether oxygens (including phenoxy) is 2. The molecule has 1 aromatic carbocycles. The highest BCUT2D eigenvalue weighted by Gasteiger charge is 2.20. The number of aromatic carboxylic acids is 1. The Morgan fingerprint density at radius 1 is 1.24 bits per heavy atom. The molecule has 0 saturated carbocycles. The van der Waals surface area contributed by atoms with Gasteiger partial charge in [-0.25, -0.2) is 4.79 Å². The number of benzene rings is 1. The molecule has 112 valence electrons. The first-order chi connectivity index (χ1) is 10.1. The highest BCUT2D eigenvalue weighted by atomic mass is 16.5. The molecule has 6 heteroatoms. The van der Waals surface area contributed by atoms with Crippen molar-refractivity contribution in [1.29, 1.82) is 0 Å². The second-order valence-electron chi connectivity index (χ2n) is 4.32. The maximum absolute atomic E-state index is 11.0. The lowest BCUT2D eigenvalue weighted by Gasteiger charge is -2.11. The molecule has 0 aliphatic carbocycles. The van der Waals surface area contributed by atoms with Gasteiger partial charge in [0.1, 0.15) is 5.69 Å². The van der Waals surface area contributed by atoms with E-state index in [1.807, 2.05) is 13.8 Å². The predicted octanol–water partition coefficient (Wildman–Crippen LogP) is 3.15. The number of nitrogens with zero attached hydrogens (tertiary/aromatic N) is 1. The molecule has 0 bridgehead atoms. The average molecular weight is 291 g/mol. The molecule has 0 fully saturated rings. The lowest BCUT2D eigenvalue weighted by atomic mass is 10.1. The quantitative estimate of drug-likeness (QED) is 0.880. The van der Waals surface area contributed by atoms with E-state index in [9.17, 15) is 4.79 Å². The van der Waals surface area contributed by atoms with Gasteiger partial charge in [0.05, 0.1) is 13.2 Å². The number of hydrogen-bond acceptors (Lipinski definition) is 5. The standard InChI is InChI=1S/C15H17NO5/c1-4-19-11-7-6-10(8-12(11)20-5-2)13-9(3)14(15(17)18)21-16-13/h6-8H,4-5H2,1-3H3,(H,17,18). The lowest BCUT2D eigenvalue weighted by Crippen LogP contribution is -1.99. The zero-order chi connectivity index (χ0) is 15.4. The summed E-state index contributed by atoms with van der Waals surface area (Å²) >= 11 is 0. The van der Waals surface area contributed by atoms with Gasteiger partial charge in [0.15, 0.2) is 11.5 Å². The first-order valence-corrected chi connectivity index (χ1v) is 6.68. The van der Waals surface area contributed by atoms with E-state index >= 15 is 0 Å². The fourth-order valence-electron chi connectivity index (χ4n) is 2.00. The third kappa shape index (κ3) is 2.99. The maximum Gasteiger partial charge on any atom is 0.375 e. The summed E-state index contributed by atoms with van der Waals surface area (Å²) in [6, 6.07) is 5.34. The highest BCUT2D eigenvalue weighted by Crippen LogP contribution is 2.34. The van der Waals surface area contributed by atoms with Gasteiger partial charge in [-0.2, -0.15) is 0 Å². The molecule has 0 amide bonds. The predicted molar refractivity (Wildman–Crippen MR) is 76.0 cm³/mol. The Morgan fingerprint density at radius 2 is 1.90 bits per heavy atom. The van der Waals surface area contributed by atoms with E-state index in [4.69, 9.17) is 19.1 Å². The van der Waals surface area contributed by atoms with Gasteiger partial charge in [-0.15, -0.1) is 0 Å². The Bertz CT molecular complexity index is 648. The molecule has 1 N–H and O–H groups in total. The zero-order valence-corrected chi connectivity index (χ0v) is 12.2. The third-order valence-corrected chi connectivity index (χ3v) is 2.94. The molecule has 0 aliphatic rings. The number of carboxylic acid groups (broad SMARTS) is 1. The van der Waals surface area contributed by atoms with Gasteiger partial charge in [0.2, 0.25) is 5.76 Å². The van der Waals surface area contributed by atoms with Crippen molar-refractivity contribution < 1.29 is 23.9 Å². The minimum Gasteiger partial charge on any atom is -0.490 e. The van der Waals surface area contributed by atoms with E-state index < -0.39 is 5.97 Å². The van der Waals surface area contributed by atoms with Crippen molar-refractivity contribution >= 4 is 5.97 Å². The van der Waals surface area contributed by atoms with Crippen LogP contribution in [0.5, 0.6) is 11.5 Å². The van der Waals surface area contributed by atoms with Gasteiger partial charge in [-0.3, -0.25) is 0 Å². The Morgan fingerprint density at radius 3 is 2.48 bits per heavy atom. The Balaban J connectivity index is 2.45. The van der Waals surface area contributed by atoms with Crippen LogP contribution in [0.2, 0.25) is 0 Å². The van der Waals surface area contributed by atoms with Crippen molar-refractivity contribution in [3.63, 3.8) is 0 Å². The van der Waals surface area contributed by atoms with Crippen LogP contribution in [-0.2, 0) is 0 Å². The first-order valence-electron chi connectivity index (χ1n) is 6.68. The van der Waals surface area contributed by atoms with Crippen molar-refractivity contribution in [2.75, 3.05) is 13.2 Å². The van der Waals surface area contributed by atoms with Gasteiger partial charge < -0.3 is 19.1 Å². The van der Waals surface area contributed by atoms with Crippen LogP contribution in [-0.4, -0.2) is 29.4 Å². The fourth-order valence-corrected chi connectivity index (χ4v) is 2.00. The van der Waals surface area contributed by atoms with E-state index in [1.54, 1.807) is 25.1 Å². The van der Waals surface area contributed by atoms with Crippen LogP contribution >= 0.6 is 0 Å². The minimum atomic E-state index is -1.14. The Hall–Kier alpha value is -2.50. The lowest BCUT2D eigenvalue weighted by molar-refractivity contribution is 0.0651. The fraction of sp³-hybridized carbons (Fsp3) is 0.333. The molecule has 0 atom stereocenters. The number of carboxylic acids is 1. The third-order valence-electron chi connectivity index (χ3n) is 2.94. The minimum absolute atomic E-state index is 0.156. The largest absolute Gasteiger partial charge is 0.490 e. The second kappa shape index (κ2) is 6.30. The summed E-state index contributed by atoms with van der Waals surface area (Å²) < 4.78 is 15.9. The molecule has 6 nitrogen and oxygen atoms in total. The Kier molecular flexibility index (Phi) is 4.47. The van der Waals surface area contributed by atoms with Crippen LogP contribution < -0.4 is 9.47 Å². The molecule has 0 unspecified atom stereocenters. The summed E-state index contributed by atoms with van der Waals surface area (Å²) in [6.45, 7) is 6.47. The SMILES string of the molecule is CCOc1ccc(-c2noc(C(=O)O)c2C)cc1OCC. The number of carbonyl (C=O) groups is 1. The highest BCUT2D eigenvalue weighted by molar-refractivity contribution is 5.88. The van der Waals surface area contributed by atoms with Crippen molar-refractivity contribution in [2.24, 2.45) is 0 Å². The molecule has 1 aromatic heterocycles. The molecule has 0 radical (unpaired) electrons. The van der Waals surface area contributed by atoms with Crippen LogP contribution in [0.15, 0.2) is 22.7 Å². The normalized spacial score (nSPS) is 10.4. The van der Waals surface area contributed by atoms with Gasteiger partial charge in [-0.1, -0.05) is 5.16 Å². The van der Waals surface area contributed by atoms with Gasteiger partial charge >= 0.3 is 5.97 Å². The van der Waals surface area contributed by atoms with Gasteiger partial charge in [0.25, 0.3) is 0 Å².